The van der Waals surface area contributed by atoms with E-state index in [1.165, 1.54) is 12.1 Å². The van der Waals surface area contributed by atoms with Crippen LogP contribution in [0.25, 0.3) is 6.08 Å². The van der Waals surface area contributed by atoms with E-state index in [4.69, 9.17) is 0 Å². The van der Waals surface area contributed by atoms with Gasteiger partial charge in [-0.1, -0.05) is 39.3 Å². The number of rotatable bonds is 6. The maximum absolute atomic E-state index is 12.5. The molecule has 0 radical (unpaired) electrons. The highest BCUT2D eigenvalue weighted by Gasteiger charge is 2.34. The monoisotopic (exact) mass is 329 g/mol. The van der Waals surface area contributed by atoms with E-state index in [1.54, 1.807) is 25.1 Å². The number of amides is 1. The van der Waals surface area contributed by atoms with Crippen LogP contribution in [0.4, 0.5) is 0 Å². The Kier molecular flexibility index (Phi) is 5.44. The Morgan fingerprint density at radius 1 is 1.21 bits per heavy atom. The predicted octanol–water partition coefficient (Wildman–Crippen LogP) is 3.32. The summed E-state index contributed by atoms with van der Waals surface area (Å²) < 4.78 is 0. The van der Waals surface area contributed by atoms with Gasteiger partial charge in [-0.3, -0.25) is 9.59 Å². The zero-order valence-electron chi connectivity index (χ0n) is 14.2. The smallest absolute Gasteiger partial charge is 0.263 e. The van der Waals surface area contributed by atoms with Gasteiger partial charge in [0.25, 0.3) is 5.91 Å². The first-order chi connectivity index (χ1) is 11.3. The van der Waals surface area contributed by atoms with Crippen molar-refractivity contribution in [3.8, 4) is 5.75 Å². The number of carbonyl (C=O) groups excluding carboxylic acids is 2. The number of hydrogen-bond acceptors (Lipinski definition) is 4. The number of aliphatic hydroxyl groups is 1. The minimum Gasteiger partial charge on any atom is -0.508 e. The normalized spacial score (nSPS) is 18.6. The van der Waals surface area contributed by atoms with Crippen LogP contribution in [0.2, 0.25) is 0 Å². The number of nitrogens with one attached hydrogen (secondary N) is 1. The average molecular weight is 329 g/mol. The molecule has 0 aliphatic carbocycles. The molecule has 5 nitrogen and oxygen atoms in total. The van der Waals surface area contributed by atoms with Gasteiger partial charge >= 0.3 is 0 Å². The lowest BCUT2D eigenvalue weighted by Crippen LogP contribution is -2.24. The molecule has 1 aliphatic heterocycles. The second-order valence-corrected chi connectivity index (χ2v) is 6.34. The summed E-state index contributed by atoms with van der Waals surface area (Å²) in [7, 11) is 0. The van der Waals surface area contributed by atoms with Gasteiger partial charge in [0.1, 0.15) is 11.3 Å². The van der Waals surface area contributed by atoms with Crippen LogP contribution in [-0.2, 0) is 9.59 Å². The molecule has 0 aromatic heterocycles. The molecule has 24 heavy (non-hydrogen) atoms. The van der Waals surface area contributed by atoms with Crippen molar-refractivity contribution in [1.29, 1.82) is 0 Å². The fraction of sp³-hybridized carbons (Fsp3) is 0.368. The lowest BCUT2D eigenvalue weighted by molar-refractivity contribution is -0.123. The highest BCUT2D eigenvalue weighted by Crippen LogP contribution is 2.26. The number of phenolic OH excluding ortho intramolecular Hbond substituents is 1. The van der Waals surface area contributed by atoms with E-state index in [1.807, 2.05) is 0 Å². The van der Waals surface area contributed by atoms with Crippen molar-refractivity contribution in [1.82, 2.24) is 5.32 Å². The molecule has 0 fully saturated rings. The third-order valence-corrected chi connectivity index (χ3v) is 4.32. The first kappa shape index (κ1) is 17.8. The summed E-state index contributed by atoms with van der Waals surface area (Å²) >= 11 is 0. The molecule has 0 spiro atoms. The van der Waals surface area contributed by atoms with E-state index in [2.05, 4.69) is 19.2 Å². The Morgan fingerprint density at radius 2 is 1.83 bits per heavy atom. The third-order valence-electron chi connectivity index (χ3n) is 4.32. The number of Topliss-reactive ketones (excluding diaryl/α,β-unsaturated/α-hetero) is 1. The fourth-order valence-corrected chi connectivity index (χ4v) is 2.68. The molecule has 2 atom stereocenters. The molecule has 1 aliphatic rings. The highest BCUT2D eigenvalue weighted by atomic mass is 16.3. The van der Waals surface area contributed by atoms with Gasteiger partial charge in [0.2, 0.25) is 0 Å². The first-order valence-corrected chi connectivity index (χ1v) is 8.13. The van der Waals surface area contributed by atoms with Crippen LogP contribution in [0.1, 0.15) is 39.2 Å². The number of hydrogen-bond donors (Lipinski definition) is 3. The van der Waals surface area contributed by atoms with Crippen molar-refractivity contribution < 1.29 is 19.8 Å². The van der Waals surface area contributed by atoms with E-state index in [0.717, 1.165) is 6.42 Å². The predicted molar refractivity (Wildman–Crippen MR) is 92.1 cm³/mol. The molecule has 5 heteroatoms. The summed E-state index contributed by atoms with van der Waals surface area (Å²) in [6.07, 6.45) is 3.20. The molecule has 1 heterocycles. The van der Waals surface area contributed by atoms with Gasteiger partial charge in [-0.05, 0) is 36.1 Å². The van der Waals surface area contributed by atoms with E-state index in [9.17, 15) is 19.8 Å². The molecule has 1 aromatic rings. The molecule has 0 bridgehead atoms. The van der Waals surface area contributed by atoms with Crippen molar-refractivity contribution in [2.75, 3.05) is 0 Å². The van der Waals surface area contributed by atoms with Crippen molar-refractivity contribution in [3.63, 3.8) is 0 Å². The lowest BCUT2D eigenvalue weighted by Gasteiger charge is -2.14. The molecule has 2 unspecified atom stereocenters. The fourth-order valence-electron chi connectivity index (χ4n) is 2.68. The maximum Gasteiger partial charge on any atom is 0.263 e. The zero-order valence-corrected chi connectivity index (χ0v) is 14.2. The second-order valence-electron chi connectivity index (χ2n) is 6.34. The summed E-state index contributed by atoms with van der Waals surface area (Å²) in [5.41, 5.74) is 0.719. The number of aliphatic hydroxyl groups excluding tert-OH is 1. The van der Waals surface area contributed by atoms with E-state index < -0.39 is 5.91 Å². The number of benzene rings is 1. The first-order valence-electron chi connectivity index (χ1n) is 8.13. The topological polar surface area (TPSA) is 86.6 Å². The van der Waals surface area contributed by atoms with Gasteiger partial charge in [-0.15, -0.1) is 0 Å². The van der Waals surface area contributed by atoms with Crippen LogP contribution < -0.4 is 5.32 Å². The Morgan fingerprint density at radius 3 is 2.42 bits per heavy atom. The molecule has 2 rings (SSSR count). The summed E-state index contributed by atoms with van der Waals surface area (Å²) in [5, 5.41) is 22.1. The Balaban J connectivity index is 2.26. The molecule has 128 valence electrons. The van der Waals surface area contributed by atoms with Crippen LogP contribution in [0, 0.1) is 11.8 Å². The SMILES string of the molecule is CCC(C)CC(C)C(=O)C1=C(O)/C(=C\c2ccc(O)cc2)NC1=O. The minimum absolute atomic E-state index is 0.127. The largest absolute Gasteiger partial charge is 0.508 e. The number of phenols is 1. The van der Waals surface area contributed by atoms with E-state index in [-0.39, 0.29) is 34.5 Å². The molecular weight excluding hydrogens is 306 g/mol. The maximum atomic E-state index is 12.5. The molecule has 0 saturated carbocycles. The van der Waals surface area contributed by atoms with Gasteiger partial charge in [0, 0.05) is 5.92 Å². The van der Waals surface area contributed by atoms with Crippen molar-refractivity contribution in [2.24, 2.45) is 11.8 Å². The second kappa shape index (κ2) is 7.34. The third kappa shape index (κ3) is 3.85. The quantitative estimate of drug-likeness (QED) is 0.699. The lowest BCUT2D eigenvalue weighted by atomic mass is 9.89. The van der Waals surface area contributed by atoms with Crippen LogP contribution in [0.5, 0.6) is 5.75 Å². The molecule has 3 N–H and O–H groups in total. The Labute approximate surface area is 141 Å². The highest BCUT2D eigenvalue weighted by molar-refractivity contribution is 6.23. The van der Waals surface area contributed by atoms with Crippen LogP contribution in [0.15, 0.2) is 41.3 Å². The summed E-state index contributed by atoms with van der Waals surface area (Å²) in [4.78, 5) is 24.6. The zero-order chi connectivity index (χ0) is 17.9. The van der Waals surface area contributed by atoms with Gasteiger partial charge in [0.15, 0.2) is 11.5 Å². The summed E-state index contributed by atoms with van der Waals surface area (Å²) in [6.45, 7) is 5.89. The molecule has 0 saturated heterocycles. The Hall–Kier alpha value is -2.56. The molecule has 1 amide bonds. The summed E-state index contributed by atoms with van der Waals surface area (Å²) in [6, 6.07) is 6.30. The standard InChI is InChI=1S/C19H23NO4/c1-4-11(2)9-12(3)17(22)16-18(23)15(20-19(16)24)10-13-5-7-14(21)8-6-13/h5-8,10-12,21,23H,4,9H2,1-3H3,(H,20,24)/b15-10+. The molecule has 1 aromatic carbocycles. The van der Waals surface area contributed by atoms with Crippen LogP contribution in [-0.4, -0.2) is 21.9 Å². The van der Waals surface area contributed by atoms with E-state index >= 15 is 0 Å². The molecular formula is C19H23NO4. The number of aromatic hydroxyl groups is 1. The van der Waals surface area contributed by atoms with Crippen molar-refractivity contribution in [2.45, 2.75) is 33.6 Å². The van der Waals surface area contributed by atoms with Crippen LogP contribution in [0.3, 0.4) is 0 Å². The van der Waals surface area contributed by atoms with Crippen LogP contribution >= 0.6 is 0 Å². The number of carbonyl (C=O) groups is 2. The number of ketones is 1. The van der Waals surface area contributed by atoms with Gasteiger partial charge in [0.05, 0.1) is 5.70 Å². The van der Waals surface area contributed by atoms with Crippen molar-refractivity contribution >= 4 is 17.8 Å². The summed E-state index contributed by atoms with van der Waals surface area (Å²) in [5.74, 6) is -1.03. The van der Waals surface area contributed by atoms with Gasteiger partial charge in [-0.2, -0.15) is 0 Å². The van der Waals surface area contributed by atoms with Crippen molar-refractivity contribution in [3.05, 3.63) is 46.9 Å². The minimum atomic E-state index is -0.571. The van der Waals surface area contributed by atoms with Gasteiger partial charge in [-0.25, -0.2) is 0 Å². The Bertz CT molecular complexity index is 701. The van der Waals surface area contributed by atoms with Gasteiger partial charge < -0.3 is 15.5 Å². The van der Waals surface area contributed by atoms with E-state index in [0.29, 0.717) is 17.9 Å². The average Bonchev–Trinajstić information content (AvgIpc) is 2.82.